The quantitative estimate of drug-likeness (QED) is 0.0399. The van der Waals surface area contributed by atoms with Gasteiger partial charge in [-0.3, -0.25) is 39.8 Å². The van der Waals surface area contributed by atoms with Crippen LogP contribution in [0.1, 0.15) is 130 Å². The van der Waals surface area contributed by atoms with Gasteiger partial charge in [-0.2, -0.15) is 0 Å². The Morgan fingerprint density at radius 1 is 0.354 bits per heavy atom. The standard InChI is InChI=1S/C18H21NO.2C18H21N.C16H17NO.C7H9N.2C6H5NO2.C6H7N.C3H8.CH4/c1-2-20-17-13-19(14-17)18(15-9-5-3-6-10-15)16-11-7-4-8-12-16;2*1-2-15-13-19(14-15)18(16-9-5-3-6-10-16)17-11-7-4-8-12-17;18-15-11-17(12-15)16(13-7-3-1-4-8-13)14-9-5-2-6-10-14;1-8-7-5-3-2-4-6-7;2*8-7(9)6-4-2-1-3-5-6;7-6-4-2-1-3-5-6;1-3-2;/h3-12,17-18H,2,13-14H2,1H3;2*3-12,15,18H,2,13-14H2,1H3;1-10,15-16,18H,11-12H2;2-6,8H,1H3;2*1-5H;1-5H,7H2;3H2,1-2H3;1H4. The largest absolute Gasteiger partial charge is 0.399 e. The molecule has 0 amide bonds. The maximum absolute atomic E-state index is 10.0. The maximum atomic E-state index is 10.0. The molecular formula is C99H118N8O6. The van der Waals surface area contributed by atoms with Crippen molar-refractivity contribution in [3.05, 3.63) is 429 Å². The first kappa shape index (κ1) is 89.0. The maximum Gasteiger partial charge on any atom is 0.269 e. The molecule has 4 fully saturated rings. The van der Waals surface area contributed by atoms with Gasteiger partial charge in [0.05, 0.1) is 46.2 Å². The Morgan fingerprint density at radius 2 is 0.558 bits per heavy atom. The van der Waals surface area contributed by atoms with Crippen molar-refractivity contribution in [1.82, 2.24) is 19.6 Å². The van der Waals surface area contributed by atoms with E-state index in [0.29, 0.717) is 24.2 Å². The Hall–Kier alpha value is -11.2. The molecule has 16 rings (SSSR count). The molecule has 4 heterocycles. The molecule has 12 aromatic rings. The molecule has 4 aliphatic heterocycles. The monoisotopic (exact) mass is 1510 g/mol. The van der Waals surface area contributed by atoms with Crippen LogP contribution in [-0.2, 0) is 4.74 Å². The normalized spacial score (nSPS) is 13.8. The van der Waals surface area contributed by atoms with Crippen molar-refractivity contribution in [2.45, 2.75) is 97.7 Å². The van der Waals surface area contributed by atoms with E-state index in [4.69, 9.17) is 10.5 Å². The SMILES string of the molecule is C.CCC.CCC1CN(C(c2ccccc2)c2ccccc2)C1.CCC1CN(C(c2ccccc2)c2ccccc2)C1.CCOC1CN(C(c2ccccc2)c2ccccc2)C1.CNc1ccccc1.Nc1ccccc1.O=[N+]([O-])c1ccccc1.O=[N+]([O-])c1ccccc1.OC1CN(C(c2ccccc2)c2ccccc2)C1. The zero-order valence-corrected chi connectivity index (χ0v) is 66.0. The highest BCUT2D eigenvalue weighted by molar-refractivity contribution is 5.42. The number of rotatable bonds is 19. The molecule has 0 bridgehead atoms. The summed E-state index contributed by atoms with van der Waals surface area (Å²) >= 11 is 0. The first-order valence-corrected chi connectivity index (χ1v) is 39.4. The molecule has 0 spiro atoms. The van der Waals surface area contributed by atoms with Crippen LogP contribution in [0.15, 0.2) is 364 Å². The van der Waals surface area contributed by atoms with Gasteiger partial charge >= 0.3 is 0 Å². The van der Waals surface area contributed by atoms with E-state index in [9.17, 15) is 25.3 Å². The van der Waals surface area contributed by atoms with E-state index < -0.39 is 9.85 Å². The van der Waals surface area contributed by atoms with Crippen LogP contribution in [-0.4, -0.2) is 113 Å². The van der Waals surface area contributed by atoms with Gasteiger partial charge in [0.2, 0.25) is 0 Å². The number of para-hydroxylation sites is 4. The van der Waals surface area contributed by atoms with Gasteiger partial charge < -0.3 is 20.9 Å². The molecule has 14 heteroatoms. The lowest BCUT2D eigenvalue weighted by Crippen LogP contribution is -2.53. The van der Waals surface area contributed by atoms with Crippen molar-refractivity contribution in [2.24, 2.45) is 11.8 Å². The third-order valence-electron chi connectivity index (χ3n) is 19.5. The number of non-ortho nitro benzene ring substituents is 2. The lowest BCUT2D eigenvalue weighted by atomic mass is 9.89. The van der Waals surface area contributed by atoms with E-state index in [0.717, 1.165) is 56.0 Å². The predicted molar refractivity (Wildman–Crippen MR) is 470 cm³/mol. The average Bonchev–Trinajstić information content (AvgIpc) is 0.809. The zero-order valence-electron chi connectivity index (χ0n) is 66.0. The summed E-state index contributed by atoms with van der Waals surface area (Å²) in [6.45, 7) is 20.2. The highest BCUT2D eigenvalue weighted by atomic mass is 16.6. The van der Waals surface area contributed by atoms with Gasteiger partial charge in [0.15, 0.2) is 0 Å². The number of aliphatic hydroxyl groups excluding tert-OH is 1. The summed E-state index contributed by atoms with van der Waals surface area (Å²) in [6.07, 6.45) is 4.08. The van der Waals surface area contributed by atoms with Crippen molar-refractivity contribution in [2.75, 3.05) is 77.1 Å². The number of anilines is 2. The van der Waals surface area contributed by atoms with Crippen LogP contribution in [0.25, 0.3) is 0 Å². The fourth-order valence-corrected chi connectivity index (χ4v) is 13.6. The van der Waals surface area contributed by atoms with Gasteiger partial charge in [0, 0.05) is 102 Å². The average molecular weight is 1520 g/mol. The number of likely N-dealkylation sites (tertiary alicyclic amines) is 4. The van der Waals surface area contributed by atoms with Crippen molar-refractivity contribution in [1.29, 1.82) is 0 Å². The number of nitrogens with one attached hydrogen (secondary N) is 1. The summed E-state index contributed by atoms with van der Waals surface area (Å²) in [4.78, 5) is 29.2. The number of ether oxygens (including phenoxy) is 1. The van der Waals surface area contributed by atoms with Gasteiger partial charge in [-0.05, 0) is 87.5 Å². The van der Waals surface area contributed by atoms with Crippen LogP contribution in [0.2, 0.25) is 0 Å². The number of nitrogen functional groups attached to an aromatic ring is 1. The third-order valence-corrected chi connectivity index (χ3v) is 19.5. The van der Waals surface area contributed by atoms with Gasteiger partial charge in [0.25, 0.3) is 11.4 Å². The Morgan fingerprint density at radius 3 is 0.726 bits per heavy atom. The van der Waals surface area contributed by atoms with Crippen LogP contribution in [0.3, 0.4) is 0 Å². The number of nitro groups is 2. The smallest absolute Gasteiger partial charge is 0.269 e. The van der Waals surface area contributed by atoms with Crippen molar-refractivity contribution < 1.29 is 19.7 Å². The fourth-order valence-electron chi connectivity index (χ4n) is 13.6. The van der Waals surface area contributed by atoms with Crippen molar-refractivity contribution in [3.8, 4) is 0 Å². The van der Waals surface area contributed by atoms with E-state index in [2.05, 4.69) is 290 Å². The van der Waals surface area contributed by atoms with Gasteiger partial charge in [-0.1, -0.05) is 370 Å². The van der Waals surface area contributed by atoms with E-state index in [1.165, 1.54) is 114 Å². The molecule has 0 atom stereocenters. The summed E-state index contributed by atoms with van der Waals surface area (Å²) < 4.78 is 5.69. The van der Waals surface area contributed by atoms with Crippen LogP contribution in [0.4, 0.5) is 22.7 Å². The third kappa shape index (κ3) is 29.8. The van der Waals surface area contributed by atoms with Crippen LogP contribution >= 0.6 is 0 Å². The molecule has 0 saturated carbocycles. The minimum Gasteiger partial charge on any atom is -0.399 e. The molecule has 113 heavy (non-hydrogen) atoms. The summed E-state index contributed by atoms with van der Waals surface area (Å²) in [5, 5.41) is 32.6. The molecule has 0 unspecified atom stereocenters. The lowest BCUT2D eigenvalue weighted by Gasteiger charge is -2.44. The Balaban J connectivity index is 0.000000183. The molecule has 590 valence electrons. The topological polar surface area (TPSA) is 167 Å². The number of nitro benzene ring substituents is 2. The molecule has 12 aromatic carbocycles. The number of nitrogens with zero attached hydrogens (tertiary/aromatic N) is 6. The number of nitrogens with two attached hydrogens (primary N) is 1. The summed E-state index contributed by atoms with van der Waals surface area (Å²) in [6, 6.07) is 123. The molecule has 14 nitrogen and oxygen atoms in total. The Labute approximate surface area is 673 Å². The zero-order chi connectivity index (χ0) is 79.3. The first-order chi connectivity index (χ1) is 54.8. The fraction of sp³-hybridized carbons (Fsp3) is 0.273. The second-order valence-electron chi connectivity index (χ2n) is 27.9. The number of hydrogen-bond donors (Lipinski definition) is 3. The molecule has 4 saturated heterocycles. The minimum absolute atomic E-state index is 0. The number of benzene rings is 12. The van der Waals surface area contributed by atoms with Crippen LogP contribution in [0, 0.1) is 32.1 Å². The molecular weight excluding hydrogens is 1400 g/mol. The number of aliphatic hydroxyl groups is 1. The molecule has 0 aliphatic carbocycles. The number of β-amino-alcohol motifs (C(OH)–C–C–N with tert-alkyl or cyclic N) is 1. The molecule has 0 radical (unpaired) electrons. The molecule has 0 aromatic heterocycles. The van der Waals surface area contributed by atoms with E-state index in [1.807, 2.05) is 79.8 Å². The summed E-state index contributed by atoms with van der Waals surface area (Å²) in [7, 11) is 1.91. The first-order valence-electron chi connectivity index (χ1n) is 39.4. The summed E-state index contributed by atoms with van der Waals surface area (Å²) in [5.41, 5.74) is 18.5. The van der Waals surface area contributed by atoms with Crippen LogP contribution < -0.4 is 11.1 Å². The van der Waals surface area contributed by atoms with Gasteiger partial charge in [-0.15, -0.1) is 0 Å². The van der Waals surface area contributed by atoms with E-state index >= 15 is 0 Å². The second kappa shape index (κ2) is 50.6. The second-order valence-corrected chi connectivity index (χ2v) is 27.9. The molecule has 4 N–H and O–H groups in total. The minimum atomic E-state index is -0.417. The summed E-state index contributed by atoms with van der Waals surface area (Å²) in [5.74, 6) is 1.77. The van der Waals surface area contributed by atoms with Crippen molar-refractivity contribution >= 4 is 22.7 Å². The highest BCUT2D eigenvalue weighted by Gasteiger charge is 2.36. The highest BCUT2D eigenvalue weighted by Crippen LogP contribution is 2.38. The van der Waals surface area contributed by atoms with E-state index in [-0.39, 0.29) is 30.9 Å². The van der Waals surface area contributed by atoms with Crippen LogP contribution in [0.5, 0.6) is 0 Å². The Bertz CT molecular complexity index is 4080. The molecule has 4 aliphatic rings. The van der Waals surface area contributed by atoms with Gasteiger partial charge in [-0.25, -0.2) is 0 Å². The van der Waals surface area contributed by atoms with E-state index in [1.54, 1.807) is 36.4 Å². The number of hydrogen-bond acceptors (Lipinski definition) is 12. The Kier molecular flexibility index (Phi) is 39.9. The van der Waals surface area contributed by atoms with Gasteiger partial charge in [0.1, 0.15) is 0 Å². The predicted octanol–water partition coefficient (Wildman–Crippen LogP) is 22.4. The van der Waals surface area contributed by atoms with Crippen molar-refractivity contribution in [3.63, 3.8) is 0 Å². The lowest BCUT2D eigenvalue weighted by molar-refractivity contribution is -0.385.